The third-order valence-electron chi connectivity index (χ3n) is 2.24. The number of nitrogens with one attached hydrogen (secondary N) is 1. The third kappa shape index (κ3) is 2.96. The summed E-state index contributed by atoms with van der Waals surface area (Å²) < 4.78 is 0.679. The van der Waals surface area contributed by atoms with Crippen molar-refractivity contribution in [3.05, 3.63) is 28.2 Å². The van der Waals surface area contributed by atoms with Gasteiger partial charge in [0.05, 0.1) is 5.56 Å². The van der Waals surface area contributed by atoms with E-state index in [0.29, 0.717) is 22.3 Å². The Morgan fingerprint density at radius 1 is 1.50 bits per heavy atom. The van der Waals surface area contributed by atoms with Gasteiger partial charge in [-0.1, -0.05) is 6.07 Å². The van der Waals surface area contributed by atoms with Crippen molar-refractivity contribution in [2.75, 3.05) is 11.9 Å². The van der Waals surface area contributed by atoms with Gasteiger partial charge in [-0.2, -0.15) is 0 Å². The molecular weight excluding hydrogens is 270 g/mol. The second-order valence-corrected chi connectivity index (χ2v) is 5.09. The fourth-order valence-electron chi connectivity index (χ4n) is 1.29. The van der Waals surface area contributed by atoms with Gasteiger partial charge in [0.15, 0.2) is 0 Å². The maximum absolute atomic E-state index is 11.3. The van der Waals surface area contributed by atoms with Crippen molar-refractivity contribution in [1.29, 1.82) is 0 Å². The quantitative estimate of drug-likeness (QED) is 0.788. The summed E-state index contributed by atoms with van der Waals surface area (Å²) in [6.07, 6.45) is 0. The minimum Gasteiger partial charge on any atom is -0.378 e. The molecule has 0 spiro atoms. The van der Waals surface area contributed by atoms with Gasteiger partial charge in [0.1, 0.15) is 0 Å². The summed E-state index contributed by atoms with van der Waals surface area (Å²) in [6, 6.07) is 5.43. The molecular formula is C11H16BrN3O. The van der Waals surface area contributed by atoms with Crippen LogP contribution >= 0.6 is 15.9 Å². The van der Waals surface area contributed by atoms with Crippen LogP contribution < -0.4 is 16.8 Å². The lowest BCUT2D eigenvalue weighted by atomic mass is 10.0. The highest BCUT2D eigenvalue weighted by Crippen LogP contribution is 2.26. The molecule has 0 unspecified atom stereocenters. The zero-order valence-corrected chi connectivity index (χ0v) is 11.0. The number of hydrogen-bond donors (Lipinski definition) is 3. The van der Waals surface area contributed by atoms with Crippen molar-refractivity contribution < 1.29 is 4.79 Å². The summed E-state index contributed by atoms with van der Waals surface area (Å²) in [5, 5.41) is 3.20. The molecule has 0 bridgehead atoms. The lowest BCUT2D eigenvalue weighted by Gasteiger charge is -2.27. The van der Waals surface area contributed by atoms with Crippen LogP contribution in [0.2, 0.25) is 0 Å². The van der Waals surface area contributed by atoms with E-state index < -0.39 is 5.91 Å². The number of nitrogens with two attached hydrogens (primary N) is 2. The highest BCUT2D eigenvalue weighted by atomic mass is 79.9. The third-order valence-corrected chi connectivity index (χ3v) is 2.90. The van der Waals surface area contributed by atoms with Crippen molar-refractivity contribution in [2.45, 2.75) is 19.4 Å². The van der Waals surface area contributed by atoms with Crippen LogP contribution in [-0.4, -0.2) is 18.0 Å². The maximum Gasteiger partial charge on any atom is 0.251 e. The average molecular weight is 286 g/mol. The summed E-state index contributed by atoms with van der Waals surface area (Å²) >= 11 is 3.31. The summed E-state index contributed by atoms with van der Waals surface area (Å²) in [6.45, 7) is 4.37. The van der Waals surface area contributed by atoms with Crippen LogP contribution in [0.15, 0.2) is 22.7 Å². The van der Waals surface area contributed by atoms with Gasteiger partial charge < -0.3 is 16.8 Å². The minimum absolute atomic E-state index is 0.287. The van der Waals surface area contributed by atoms with Gasteiger partial charge in [0.25, 0.3) is 5.91 Å². The summed E-state index contributed by atoms with van der Waals surface area (Å²) in [5.41, 5.74) is 11.8. The van der Waals surface area contributed by atoms with E-state index >= 15 is 0 Å². The van der Waals surface area contributed by atoms with Crippen LogP contribution in [0.3, 0.4) is 0 Å². The molecule has 0 saturated heterocycles. The van der Waals surface area contributed by atoms with Crippen molar-refractivity contribution in [3.63, 3.8) is 0 Å². The van der Waals surface area contributed by atoms with Crippen molar-refractivity contribution in [2.24, 2.45) is 11.5 Å². The van der Waals surface area contributed by atoms with Crippen molar-refractivity contribution in [3.8, 4) is 0 Å². The van der Waals surface area contributed by atoms with E-state index in [4.69, 9.17) is 11.5 Å². The fourth-order valence-corrected chi connectivity index (χ4v) is 1.86. The monoisotopic (exact) mass is 285 g/mol. The number of primary amides is 1. The van der Waals surface area contributed by atoms with Crippen LogP contribution in [0.5, 0.6) is 0 Å². The van der Waals surface area contributed by atoms with Gasteiger partial charge in [0, 0.05) is 22.2 Å². The zero-order chi connectivity index (χ0) is 12.3. The van der Waals surface area contributed by atoms with Crippen LogP contribution in [-0.2, 0) is 0 Å². The molecule has 1 aromatic carbocycles. The minimum atomic E-state index is -0.470. The van der Waals surface area contributed by atoms with Crippen LogP contribution in [0.25, 0.3) is 0 Å². The normalized spacial score (nSPS) is 11.2. The molecule has 88 valence electrons. The first-order chi connectivity index (χ1) is 7.37. The van der Waals surface area contributed by atoms with Gasteiger partial charge >= 0.3 is 0 Å². The van der Waals surface area contributed by atoms with E-state index in [-0.39, 0.29) is 5.54 Å². The number of rotatable bonds is 4. The van der Waals surface area contributed by atoms with E-state index in [0.717, 1.165) is 0 Å². The lowest BCUT2D eigenvalue weighted by molar-refractivity contribution is 0.100. The highest BCUT2D eigenvalue weighted by Gasteiger charge is 2.19. The fraction of sp³-hybridized carbons (Fsp3) is 0.364. The van der Waals surface area contributed by atoms with E-state index in [9.17, 15) is 4.79 Å². The Kier molecular flexibility index (Phi) is 3.93. The predicted molar refractivity (Wildman–Crippen MR) is 69.4 cm³/mol. The summed E-state index contributed by atoms with van der Waals surface area (Å²) in [5.74, 6) is -0.470. The molecule has 5 heteroatoms. The largest absolute Gasteiger partial charge is 0.378 e. The molecule has 1 rings (SSSR count). The van der Waals surface area contributed by atoms with E-state index in [2.05, 4.69) is 21.2 Å². The molecule has 0 atom stereocenters. The predicted octanol–water partition coefficient (Wildman–Crippen LogP) is 1.70. The molecule has 16 heavy (non-hydrogen) atoms. The van der Waals surface area contributed by atoms with Gasteiger partial charge in [-0.3, -0.25) is 4.79 Å². The number of anilines is 1. The Morgan fingerprint density at radius 2 is 2.12 bits per heavy atom. The highest BCUT2D eigenvalue weighted by molar-refractivity contribution is 9.10. The Balaban J connectivity index is 3.14. The molecule has 0 aromatic heterocycles. The zero-order valence-electron chi connectivity index (χ0n) is 9.38. The lowest BCUT2D eigenvalue weighted by Crippen LogP contribution is -2.39. The van der Waals surface area contributed by atoms with Crippen molar-refractivity contribution in [1.82, 2.24) is 0 Å². The SMILES string of the molecule is CC(C)(CN)Nc1cccc(Br)c1C(N)=O. The number of hydrogen-bond acceptors (Lipinski definition) is 3. The maximum atomic E-state index is 11.3. The molecule has 0 aliphatic carbocycles. The van der Waals surface area contributed by atoms with Crippen LogP contribution in [0, 0.1) is 0 Å². The van der Waals surface area contributed by atoms with E-state index in [1.54, 1.807) is 6.07 Å². The first kappa shape index (κ1) is 13.0. The Hall–Kier alpha value is -1.07. The Bertz CT molecular complexity index is 404. The number of amides is 1. The second kappa shape index (κ2) is 4.84. The molecule has 0 fully saturated rings. The van der Waals surface area contributed by atoms with Crippen LogP contribution in [0.1, 0.15) is 24.2 Å². The second-order valence-electron chi connectivity index (χ2n) is 4.24. The molecule has 0 aliphatic heterocycles. The first-order valence-electron chi connectivity index (χ1n) is 4.94. The smallest absolute Gasteiger partial charge is 0.251 e. The number of carbonyl (C=O) groups excluding carboxylic acids is 1. The van der Waals surface area contributed by atoms with E-state index in [1.807, 2.05) is 26.0 Å². The average Bonchev–Trinajstić information content (AvgIpc) is 2.16. The number of carbonyl (C=O) groups is 1. The molecule has 0 saturated carbocycles. The van der Waals surface area contributed by atoms with Gasteiger partial charge in [-0.05, 0) is 41.9 Å². The molecule has 5 N–H and O–H groups in total. The Morgan fingerprint density at radius 3 is 2.62 bits per heavy atom. The van der Waals surface area contributed by atoms with Gasteiger partial charge in [0.2, 0.25) is 0 Å². The molecule has 1 amide bonds. The van der Waals surface area contributed by atoms with Gasteiger partial charge in [-0.15, -0.1) is 0 Å². The summed E-state index contributed by atoms with van der Waals surface area (Å²) in [7, 11) is 0. The molecule has 0 radical (unpaired) electrons. The summed E-state index contributed by atoms with van der Waals surface area (Å²) in [4.78, 5) is 11.3. The van der Waals surface area contributed by atoms with Crippen molar-refractivity contribution >= 4 is 27.5 Å². The number of halogens is 1. The molecule has 4 nitrogen and oxygen atoms in total. The topological polar surface area (TPSA) is 81.1 Å². The Labute approximate surface area is 104 Å². The van der Waals surface area contributed by atoms with Crippen LogP contribution in [0.4, 0.5) is 5.69 Å². The molecule has 1 aromatic rings. The van der Waals surface area contributed by atoms with Gasteiger partial charge in [-0.25, -0.2) is 0 Å². The number of benzene rings is 1. The van der Waals surface area contributed by atoms with E-state index in [1.165, 1.54) is 0 Å². The molecule has 0 heterocycles. The first-order valence-corrected chi connectivity index (χ1v) is 5.73. The molecule has 0 aliphatic rings. The standard InChI is InChI=1S/C11H16BrN3O/c1-11(2,6-13)15-8-5-3-4-7(12)9(8)10(14)16/h3-5,15H,6,13H2,1-2H3,(H2,14,16).